The third kappa shape index (κ3) is 6.75. The monoisotopic (exact) mass is 311 g/mol. The number of amides is 1. The number of hydrogen-bond acceptors (Lipinski definition) is 5. The molecular weight excluding hydrogens is 294 g/mol. The number of sulfonamides is 1. The summed E-state index contributed by atoms with van der Waals surface area (Å²) in [6.07, 6.45) is 0.390. The molecular formula is C12H17N5O3S. The number of benzene rings is 1. The molecule has 0 bridgehead atoms. The van der Waals surface area contributed by atoms with Crippen molar-refractivity contribution in [3.63, 3.8) is 0 Å². The summed E-state index contributed by atoms with van der Waals surface area (Å²) in [5.41, 5.74) is 14.6. The van der Waals surface area contributed by atoms with E-state index in [1.807, 2.05) is 35.1 Å². The Morgan fingerprint density at radius 1 is 1.38 bits per heavy atom. The summed E-state index contributed by atoms with van der Waals surface area (Å²) in [6, 6.07) is 8.13. The van der Waals surface area contributed by atoms with Crippen LogP contribution in [0.3, 0.4) is 0 Å². The molecule has 0 fully saturated rings. The summed E-state index contributed by atoms with van der Waals surface area (Å²) in [5, 5.41) is 3.22. The lowest BCUT2D eigenvalue weighted by Gasteiger charge is -2.12. The van der Waals surface area contributed by atoms with Crippen molar-refractivity contribution in [3.8, 4) is 0 Å². The fourth-order valence-electron chi connectivity index (χ4n) is 1.61. The van der Waals surface area contributed by atoms with E-state index in [1.165, 1.54) is 0 Å². The van der Waals surface area contributed by atoms with Crippen molar-refractivity contribution in [1.29, 1.82) is 0 Å². The van der Waals surface area contributed by atoms with E-state index in [9.17, 15) is 13.2 Å². The van der Waals surface area contributed by atoms with Crippen LogP contribution in [0.4, 0.5) is 0 Å². The van der Waals surface area contributed by atoms with Gasteiger partial charge in [0.2, 0.25) is 10.0 Å². The zero-order valence-electron chi connectivity index (χ0n) is 11.3. The van der Waals surface area contributed by atoms with Crippen LogP contribution in [0.25, 0.3) is 10.4 Å². The smallest absolute Gasteiger partial charge is 0.250 e. The summed E-state index contributed by atoms with van der Waals surface area (Å²) in [5.74, 6) is -1.04. The van der Waals surface area contributed by atoms with Crippen LogP contribution in [0.5, 0.6) is 0 Å². The number of carbonyl (C=O) groups excluding carboxylic acids is 1. The van der Waals surface area contributed by atoms with Crippen molar-refractivity contribution >= 4 is 15.9 Å². The highest BCUT2D eigenvalue weighted by Crippen LogP contribution is 2.02. The Balaban J connectivity index is 2.49. The molecule has 9 heteroatoms. The van der Waals surface area contributed by atoms with Crippen LogP contribution >= 0.6 is 0 Å². The number of rotatable bonds is 8. The highest BCUT2D eigenvalue weighted by Gasteiger charge is 2.20. The number of azide groups is 1. The van der Waals surface area contributed by atoms with Crippen LogP contribution in [0.15, 0.2) is 35.4 Å². The van der Waals surface area contributed by atoms with E-state index in [2.05, 4.69) is 10.0 Å². The summed E-state index contributed by atoms with van der Waals surface area (Å²) in [6.45, 7) is 0.0572. The van der Waals surface area contributed by atoms with Gasteiger partial charge in [-0.2, -0.15) is 0 Å². The number of nitrogens with two attached hydrogens (primary N) is 1. The number of nitrogens with one attached hydrogen (secondary N) is 1. The summed E-state index contributed by atoms with van der Waals surface area (Å²) < 4.78 is 25.2. The first kappa shape index (κ1) is 17.0. The molecule has 0 radical (unpaired) electrons. The second kappa shape index (κ2) is 8.25. The van der Waals surface area contributed by atoms with Gasteiger partial charge in [-0.3, -0.25) is 9.52 Å². The maximum Gasteiger partial charge on any atom is 0.250 e. The van der Waals surface area contributed by atoms with Gasteiger partial charge in [0.25, 0.3) is 5.91 Å². The zero-order chi connectivity index (χ0) is 15.7. The highest BCUT2D eigenvalue weighted by molar-refractivity contribution is 7.90. The van der Waals surface area contributed by atoms with Crippen molar-refractivity contribution < 1.29 is 13.2 Å². The molecule has 0 saturated heterocycles. The maximum atomic E-state index is 11.8. The first-order valence-electron chi connectivity index (χ1n) is 6.29. The lowest BCUT2D eigenvalue weighted by atomic mass is 10.1. The van der Waals surface area contributed by atoms with E-state index in [-0.39, 0.29) is 25.1 Å². The lowest BCUT2D eigenvalue weighted by Crippen LogP contribution is -2.45. The van der Waals surface area contributed by atoms with Crippen molar-refractivity contribution in [3.05, 3.63) is 46.3 Å². The molecule has 0 aromatic heterocycles. The van der Waals surface area contributed by atoms with E-state index in [4.69, 9.17) is 11.3 Å². The molecule has 1 atom stereocenters. The first-order chi connectivity index (χ1) is 9.94. The van der Waals surface area contributed by atoms with Crippen LogP contribution in [-0.2, 0) is 21.2 Å². The van der Waals surface area contributed by atoms with E-state index < -0.39 is 22.0 Å². The first-order valence-corrected chi connectivity index (χ1v) is 7.94. The predicted molar refractivity (Wildman–Crippen MR) is 78.7 cm³/mol. The van der Waals surface area contributed by atoms with E-state index in [0.717, 1.165) is 5.56 Å². The van der Waals surface area contributed by atoms with Gasteiger partial charge in [0.1, 0.15) is 0 Å². The van der Waals surface area contributed by atoms with Gasteiger partial charge >= 0.3 is 0 Å². The number of carbonyl (C=O) groups is 1. The SMILES string of the molecule is [N-]=[N+]=NCCCS(=O)(=O)NC(=O)C(N)Cc1ccccc1. The van der Waals surface area contributed by atoms with E-state index in [1.54, 1.807) is 0 Å². The lowest BCUT2D eigenvalue weighted by molar-refractivity contribution is -0.120. The Morgan fingerprint density at radius 3 is 2.67 bits per heavy atom. The van der Waals surface area contributed by atoms with Crippen LogP contribution in [-0.4, -0.2) is 32.7 Å². The van der Waals surface area contributed by atoms with Gasteiger partial charge in [0.15, 0.2) is 0 Å². The molecule has 21 heavy (non-hydrogen) atoms. The van der Waals surface area contributed by atoms with E-state index >= 15 is 0 Å². The van der Waals surface area contributed by atoms with Crippen molar-refractivity contribution in [2.45, 2.75) is 18.9 Å². The van der Waals surface area contributed by atoms with Gasteiger partial charge < -0.3 is 5.73 Å². The van der Waals surface area contributed by atoms with Crippen LogP contribution in [0.1, 0.15) is 12.0 Å². The molecule has 1 unspecified atom stereocenters. The third-order valence-corrected chi connectivity index (χ3v) is 3.96. The molecule has 0 spiro atoms. The molecule has 8 nitrogen and oxygen atoms in total. The van der Waals surface area contributed by atoms with Gasteiger partial charge in [0, 0.05) is 11.5 Å². The topological polar surface area (TPSA) is 138 Å². The van der Waals surface area contributed by atoms with Crippen molar-refractivity contribution in [1.82, 2.24) is 4.72 Å². The molecule has 114 valence electrons. The average molecular weight is 311 g/mol. The fraction of sp³-hybridized carbons (Fsp3) is 0.417. The quantitative estimate of drug-likeness (QED) is 0.316. The number of hydrogen-bond donors (Lipinski definition) is 2. The minimum absolute atomic E-state index is 0.0572. The van der Waals surface area contributed by atoms with Gasteiger partial charge in [-0.15, -0.1) is 0 Å². The highest BCUT2D eigenvalue weighted by atomic mass is 32.2. The second-order valence-electron chi connectivity index (χ2n) is 4.39. The van der Waals surface area contributed by atoms with Crippen molar-refractivity contribution in [2.75, 3.05) is 12.3 Å². The minimum Gasteiger partial charge on any atom is -0.320 e. The Kier molecular flexibility index (Phi) is 6.67. The predicted octanol–water partition coefficient (Wildman–Crippen LogP) is 0.703. The van der Waals surface area contributed by atoms with Crippen molar-refractivity contribution in [2.24, 2.45) is 10.8 Å². The Labute approximate surface area is 123 Å². The second-order valence-corrected chi connectivity index (χ2v) is 6.23. The Hall–Kier alpha value is -2.09. The third-order valence-electron chi connectivity index (χ3n) is 2.63. The number of nitrogens with zero attached hydrogens (tertiary/aromatic N) is 3. The van der Waals surface area contributed by atoms with Crippen LogP contribution in [0, 0.1) is 0 Å². The van der Waals surface area contributed by atoms with Gasteiger partial charge in [-0.1, -0.05) is 35.4 Å². The fourth-order valence-corrected chi connectivity index (χ4v) is 2.68. The Morgan fingerprint density at radius 2 is 2.05 bits per heavy atom. The molecule has 1 aromatic rings. The Bertz CT molecular complexity index is 611. The average Bonchev–Trinajstić information content (AvgIpc) is 2.44. The summed E-state index contributed by atoms with van der Waals surface area (Å²) >= 11 is 0. The molecule has 0 aliphatic carbocycles. The molecule has 0 aliphatic rings. The standard InChI is InChI=1S/C12H17N5O3S/c13-11(9-10-5-2-1-3-6-10)12(18)16-21(19,20)8-4-7-15-17-14/h1-3,5-6,11H,4,7-9,13H2,(H,16,18). The summed E-state index contributed by atoms with van der Waals surface area (Å²) in [7, 11) is -3.76. The molecule has 0 aliphatic heterocycles. The molecule has 1 rings (SSSR count). The van der Waals surface area contributed by atoms with Crippen LogP contribution in [0.2, 0.25) is 0 Å². The van der Waals surface area contributed by atoms with E-state index in [0.29, 0.717) is 0 Å². The largest absolute Gasteiger partial charge is 0.320 e. The maximum absolute atomic E-state index is 11.8. The zero-order valence-corrected chi connectivity index (χ0v) is 12.2. The van der Waals surface area contributed by atoms with Gasteiger partial charge in [-0.25, -0.2) is 8.42 Å². The molecule has 1 aromatic carbocycles. The molecule has 0 heterocycles. The van der Waals surface area contributed by atoms with Gasteiger partial charge in [0.05, 0.1) is 11.8 Å². The van der Waals surface area contributed by atoms with Gasteiger partial charge in [-0.05, 0) is 23.9 Å². The molecule has 0 saturated carbocycles. The molecule has 1 amide bonds. The normalized spacial score (nSPS) is 12.2. The van der Waals surface area contributed by atoms with Crippen LogP contribution < -0.4 is 10.5 Å². The summed E-state index contributed by atoms with van der Waals surface area (Å²) in [4.78, 5) is 14.3. The molecule has 3 N–H and O–H groups in total. The minimum atomic E-state index is -3.76.